The van der Waals surface area contributed by atoms with Gasteiger partial charge in [0.1, 0.15) is 21.9 Å². The number of aryl methyl sites for hydroxylation is 1. The third-order valence-electron chi connectivity index (χ3n) is 4.68. The Balaban J connectivity index is 1.29. The van der Waals surface area contributed by atoms with E-state index < -0.39 is 10.1 Å². The number of nitrogens with zero attached hydrogens (tertiary/aromatic N) is 2. The molecule has 2 heterocycles. The molecule has 11 heteroatoms. The minimum absolute atomic E-state index is 0.0814. The van der Waals surface area contributed by atoms with E-state index in [4.69, 9.17) is 13.3 Å². The minimum atomic E-state index is -4.05. The average Bonchev–Trinajstić information content (AvgIpc) is 3.43. The number of aromatic nitrogens is 2. The highest BCUT2D eigenvalue weighted by molar-refractivity contribution is 7.86. The maximum Gasteiger partial charge on any atom is 0.300 e. The van der Waals surface area contributed by atoms with Crippen molar-refractivity contribution in [3.8, 4) is 11.5 Å². The van der Waals surface area contributed by atoms with E-state index in [2.05, 4.69) is 15.3 Å². The summed E-state index contributed by atoms with van der Waals surface area (Å²) in [5.41, 5.74) is 2.02. The predicted molar refractivity (Wildman–Crippen MR) is 131 cm³/mol. The molecule has 4 rings (SSSR count). The maximum absolute atomic E-state index is 12.3. The summed E-state index contributed by atoms with van der Waals surface area (Å²) in [4.78, 5) is 9.36. The molecule has 9 nitrogen and oxygen atoms in total. The smallest absolute Gasteiger partial charge is 0.300 e. The van der Waals surface area contributed by atoms with Gasteiger partial charge in [0.15, 0.2) is 10.7 Å². The molecule has 0 aliphatic rings. The molecular weight excluding hydrogens is 478 g/mol. The second-order valence-corrected chi connectivity index (χ2v) is 9.93. The van der Waals surface area contributed by atoms with E-state index in [0.29, 0.717) is 29.2 Å². The van der Waals surface area contributed by atoms with E-state index in [1.807, 2.05) is 13.1 Å². The standard InChI is InChI=1S/C23H23N3O6S2/c1-15-4-8-21(19(27)12-15)34(28,29)31-11-3-10-30-16-5-7-18-20(13-16)32-22(26-18)9-6-17-14-25-23(24-2)33-17/h4-9,12-14,27H,3,10-11H2,1-2H3,(H,24,25)/b9-6+. The molecule has 4 aromatic rings. The van der Waals surface area contributed by atoms with Crippen LogP contribution < -0.4 is 10.1 Å². The van der Waals surface area contributed by atoms with E-state index >= 15 is 0 Å². The molecule has 0 aliphatic carbocycles. The highest BCUT2D eigenvalue weighted by Gasteiger charge is 2.19. The van der Waals surface area contributed by atoms with Crippen LogP contribution >= 0.6 is 11.3 Å². The Morgan fingerprint density at radius 2 is 2.03 bits per heavy atom. The molecule has 0 atom stereocenters. The molecule has 0 saturated heterocycles. The molecule has 0 bridgehead atoms. The number of hydrogen-bond donors (Lipinski definition) is 2. The van der Waals surface area contributed by atoms with Crippen molar-refractivity contribution in [2.24, 2.45) is 0 Å². The first-order chi connectivity index (χ1) is 16.3. The normalized spacial score (nSPS) is 11.9. The largest absolute Gasteiger partial charge is 0.506 e. The molecule has 0 fully saturated rings. The number of thiazole rings is 1. The third kappa shape index (κ3) is 5.74. The molecule has 34 heavy (non-hydrogen) atoms. The number of oxazole rings is 1. The highest BCUT2D eigenvalue weighted by atomic mass is 32.2. The van der Waals surface area contributed by atoms with Gasteiger partial charge in [-0.2, -0.15) is 8.42 Å². The van der Waals surface area contributed by atoms with Crippen LogP contribution in [0.15, 0.2) is 51.9 Å². The molecular formula is C23H23N3O6S2. The molecule has 0 spiro atoms. The molecule has 2 aromatic carbocycles. The van der Waals surface area contributed by atoms with Crippen LogP contribution in [0.4, 0.5) is 5.13 Å². The van der Waals surface area contributed by atoms with Gasteiger partial charge in [-0.05, 0) is 42.8 Å². The number of anilines is 1. The minimum Gasteiger partial charge on any atom is -0.506 e. The molecule has 0 aliphatic heterocycles. The number of benzene rings is 2. The third-order valence-corrected chi connectivity index (χ3v) is 7.02. The average molecular weight is 502 g/mol. The van der Waals surface area contributed by atoms with Crippen LogP contribution in [0.3, 0.4) is 0 Å². The number of phenolic OH excluding ortho intramolecular Hbond substituents is 1. The zero-order chi connectivity index (χ0) is 24.1. The van der Waals surface area contributed by atoms with Crippen LogP contribution in [-0.4, -0.2) is 43.8 Å². The van der Waals surface area contributed by atoms with Crippen molar-refractivity contribution in [3.05, 3.63) is 58.9 Å². The van der Waals surface area contributed by atoms with E-state index in [-0.39, 0.29) is 23.9 Å². The van der Waals surface area contributed by atoms with Gasteiger partial charge in [-0.1, -0.05) is 17.4 Å². The van der Waals surface area contributed by atoms with E-state index in [0.717, 1.165) is 15.6 Å². The number of aromatic hydroxyl groups is 1. The molecule has 0 unspecified atom stereocenters. The summed E-state index contributed by atoms with van der Waals surface area (Å²) in [6.07, 6.45) is 5.75. The first-order valence-electron chi connectivity index (χ1n) is 10.4. The number of hydrogen-bond acceptors (Lipinski definition) is 10. The van der Waals surface area contributed by atoms with Crippen LogP contribution in [-0.2, 0) is 14.3 Å². The summed E-state index contributed by atoms with van der Waals surface area (Å²) in [6, 6.07) is 9.58. The van der Waals surface area contributed by atoms with Gasteiger partial charge in [-0.3, -0.25) is 4.18 Å². The fourth-order valence-corrected chi connectivity index (χ4v) is 4.72. The lowest BCUT2D eigenvalue weighted by Crippen LogP contribution is -2.10. The van der Waals surface area contributed by atoms with Gasteiger partial charge in [0.2, 0.25) is 5.89 Å². The number of rotatable bonds is 10. The molecule has 178 valence electrons. The van der Waals surface area contributed by atoms with Gasteiger partial charge in [-0.25, -0.2) is 9.97 Å². The van der Waals surface area contributed by atoms with Gasteiger partial charge < -0.3 is 19.6 Å². The lowest BCUT2D eigenvalue weighted by atomic mass is 10.2. The first-order valence-corrected chi connectivity index (χ1v) is 12.6. The summed E-state index contributed by atoms with van der Waals surface area (Å²) in [5.74, 6) is 0.699. The zero-order valence-corrected chi connectivity index (χ0v) is 20.1. The summed E-state index contributed by atoms with van der Waals surface area (Å²) in [7, 11) is -2.23. The molecule has 0 saturated carbocycles. The first kappa shape index (κ1) is 23.7. The Hall–Kier alpha value is -3.41. The summed E-state index contributed by atoms with van der Waals surface area (Å²) in [6.45, 7) is 1.91. The fourth-order valence-electron chi connectivity index (χ4n) is 3.04. The van der Waals surface area contributed by atoms with Crippen LogP contribution in [0.5, 0.6) is 11.5 Å². The summed E-state index contributed by atoms with van der Waals surface area (Å²) < 4.78 is 41.0. The molecule has 0 amide bonds. The van der Waals surface area contributed by atoms with Gasteiger partial charge in [0.25, 0.3) is 0 Å². The summed E-state index contributed by atoms with van der Waals surface area (Å²) >= 11 is 1.52. The Morgan fingerprint density at radius 1 is 1.18 bits per heavy atom. The Bertz CT molecular complexity index is 1430. The van der Waals surface area contributed by atoms with Crippen LogP contribution in [0.25, 0.3) is 23.3 Å². The van der Waals surface area contributed by atoms with Gasteiger partial charge >= 0.3 is 10.1 Å². The van der Waals surface area contributed by atoms with Crippen molar-refractivity contribution < 1.29 is 26.9 Å². The number of ether oxygens (including phenoxy) is 1. The van der Waals surface area contributed by atoms with Gasteiger partial charge in [0, 0.05) is 36.7 Å². The zero-order valence-electron chi connectivity index (χ0n) is 18.5. The quantitative estimate of drug-likeness (QED) is 0.235. The van der Waals surface area contributed by atoms with Crippen molar-refractivity contribution in [2.75, 3.05) is 25.6 Å². The van der Waals surface area contributed by atoms with Crippen molar-refractivity contribution in [1.82, 2.24) is 9.97 Å². The van der Waals surface area contributed by atoms with Crippen LogP contribution in [0.1, 0.15) is 22.8 Å². The van der Waals surface area contributed by atoms with Gasteiger partial charge in [0.05, 0.1) is 13.2 Å². The van der Waals surface area contributed by atoms with E-state index in [9.17, 15) is 13.5 Å². The molecule has 0 radical (unpaired) electrons. The number of fused-ring (bicyclic) bond motifs is 1. The fraction of sp³-hybridized carbons (Fsp3) is 0.217. The lowest BCUT2D eigenvalue weighted by Gasteiger charge is -2.09. The topological polar surface area (TPSA) is 124 Å². The van der Waals surface area contributed by atoms with Crippen LogP contribution in [0.2, 0.25) is 0 Å². The monoisotopic (exact) mass is 501 g/mol. The lowest BCUT2D eigenvalue weighted by molar-refractivity contribution is 0.250. The predicted octanol–water partition coefficient (Wildman–Crippen LogP) is 4.68. The Labute approximate surface area is 200 Å². The van der Waals surface area contributed by atoms with Crippen molar-refractivity contribution in [3.63, 3.8) is 0 Å². The van der Waals surface area contributed by atoms with Crippen molar-refractivity contribution in [1.29, 1.82) is 0 Å². The van der Waals surface area contributed by atoms with E-state index in [1.54, 1.807) is 43.5 Å². The van der Waals surface area contributed by atoms with Gasteiger partial charge in [-0.15, -0.1) is 0 Å². The SMILES string of the molecule is CNc1ncc(/C=C/c2nc3ccc(OCCCOS(=O)(=O)c4ccc(C)cc4O)cc3o2)s1. The second kappa shape index (κ2) is 10.2. The number of phenols is 1. The summed E-state index contributed by atoms with van der Waals surface area (Å²) in [5, 5.41) is 13.7. The molecule has 2 N–H and O–H groups in total. The highest BCUT2D eigenvalue weighted by Crippen LogP contribution is 2.26. The molecule has 2 aromatic heterocycles. The van der Waals surface area contributed by atoms with Crippen molar-refractivity contribution >= 4 is 49.8 Å². The maximum atomic E-state index is 12.3. The van der Waals surface area contributed by atoms with Crippen molar-refractivity contribution in [2.45, 2.75) is 18.2 Å². The second-order valence-electron chi connectivity index (χ2n) is 7.28. The Kier molecular flexibility index (Phi) is 7.15. The van der Waals surface area contributed by atoms with Crippen LogP contribution in [0, 0.1) is 6.92 Å². The van der Waals surface area contributed by atoms with E-state index in [1.165, 1.54) is 23.5 Å². The number of nitrogens with one attached hydrogen (secondary N) is 1. The Morgan fingerprint density at radius 3 is 2.79 bits per heavy atom.